The second kappa shape index (κ2) is 6.83. The lowest BCUT2D eigenvalue weighted by atomic mass is 10.2. The van der Waals surface area contributed by atoms with Crippen molar-refractivity contribution >= 4 is 17.5 Å². The van der Waals surface area contributed by atoms with Crippen molar-refractivity contribution in [2.45, 2.75) is 6.42 Å². The van der Waals surface area contributed by atoms with Crippen molar-refractivity contribution in [2.75, 3.05) is 32.5 Å². The minimum absolute atomic E-state index is 0.146. The van der Waals surface area contributed by atoms with Crippen molar-refractivity contribution in [3.63, 3.8) is 0 Å². The number of halogens is 2. The highest BCUT2D eigenvalue weighted by Gasteiger charge is 2.47. The minimum Gasteiger partial charge on any atom is -0.355 e. The largest absolute Gasteiger partial charge is 0.355 e. The molecule has 2 rings (SSSR count). The summed E-state index contributed by atoms with van der Waals surface area (Å²) in [5.41, 5.74) is 0.183. The van der Waals surface area contributed by atoms with Crippen molar-refractivity contribution in [1.29, 1.82) is 0 Å². The average molecular weight is 311 g/mol. The Balaban J connectivity index is 1.80. The number of benzene rings is 1. The molecule has 1 aromatic carbocycles. The molecule has 0 radical (unpaired) electrons. The normalized spacial score (nSPS) is 19.9. The number of carbonyl (C=O) groups excluding carboxylic acids is 2. The number of carbonyl (C=O) groups is 2. The second-order valence-corrected chi connectivity index (χ2v) is 5.66. The molecule has 0 saturated heterocycles. The predicted molar refractivity (Wildman–Crippen MR) is 78.1 cm³/mol. The van der Waals surface area contributed by atoms with E-state index in [0.29, 0.717) is 13.0 Å². The third-order valence-electron chi connectivity index (χ3n) is 3.51. The first kappa shape index (κ1) is 16.4. The summed E-state index contributed by atoms with van der Waals surface area (Å²) in [7, 11) is 3.81. The van der Waals surface area contributed by atoms with Gasteiger partial charge < -0.3 is 15.5 Å². The lowest BCUT2D eigenvalue weighted by molar-refractivity contribution is -0.125. The molecule has 2 amide bonds. The third-order valence-corrected chi connectivity index (χ3v) is 3.51. The van der Waals surface area contributed by atoms with Gasteiger partial charge in [0.1, 0.15) is 0 Å². The van der Waals surface area contributed by atoms with Crippen LogP contribution in [0.3, 0.4) is 0 Å². The summed E-state index contributed by atoms with van der Waals surface area (Å²) < 4.78 is 25.9. The summed E-state index contributed by atoms with van der Waals surface area (Å²) in [4.78, 5) is 25.7. The van der Waals surface area contributed by atoms with Gasteiger partial charge in [0.05, 0.1) is 11.8 Å². The van der Waals surface area contributed by atoms with E-state index in [4.69, 9.17) is 0 Å². The molecule has 2 N–H and O–H groups in total. The van der Waals surface area contributed by atoms with Crippen LogP contribution in [0.2, 0.25) is 0 Å². The number of hydrogen-bond acceptors (Lipinski definition) is 3. The molecule has 2 atom stereocenters. The maximum Gasteiger partial charge on any atom is 0.228 e. The van der Waals surface area contributed by atoms with E-state index in [1.165, 1.54) is 6.07 Å². The van der Waals surface area contributed by atoms with Gasteiger partial charge in [0.2, 0.25) is 11.8 Å². The summed E-state index contributed by atoms with van der Waals surface area (Å²) in [6, 6.07) is 3.15. The molecule has 2 unspecified atom stereocenters. The lowest BCUT2D eigenvalue weighted by Crippen LogP contribution is -2.33. The van der Waals surface area contributed by atoms with E-state index in [-0.39, 0.29) is 23.4 Å². The van der Waals surface area contributed by atoms with Gasteiger partial charge in [-0.15, -0.1) is 0 Å². The predicted octanol–water partition coefficient (Wildman–Crippen LogP) is 1.22. The highest BCUT2D eigenvalue weighted by molar-refractivity contribution is 5.99. The molecule has 0 aromatic heterocycles. The Morgan fingerprint density at radius 3 is 2.50 bits per heavy atom. The Bertz CT molecular complexity index is 578. The zero-order valence-corrected chi connectivity index (χ0v) is 12.5. The van der Waals surface area contributed by atoms with Crippen molar-refractivity contribution in [3.05, 3.63) is 29.8 Å². The molecule has 1 aromatic rings. The molecule has 0 heterocycles. The van der Waals surface area contributed by atoms with Crippen LogP contribution >= 0.6 is 0 Å². The van der Waals surface area contributed by atoms with E-state index in [0.717, 1.165) is 18.7 Å². The Hall–Kier alpha value is -2.02. The second-order valence-electron chi connectivity index (χ2n) is 5.66. The summed E-state index contributed by atoms with van der Waals surface area (Å²) in [5.74, 6) is -3.24. The number of anilines is 1. The van der Waals surface area contributed by atoms with Gasteiger partial charge in [-0.2, -0.15) is 0 Å². The molecule has 0 spiro atoms. The highest BCUT2D eigenvalue weighted by atomic mass is 19.2. The molecule has 0 aliphatic heterocycles. The van der Waals surface area contributed by atoms with Crippen LogP contribution in [0.1, 0.15) is 6.42 Å². The van der Waals surface area contributed by atoms with Crippen LogP contribution < -0.4 is 10.6 Å². The molecule has 1 aliphatic carbocycles. The van der Waals surface area contributed by atoms with Gasteiger partial charge in [-0.05, 0) is 32.6 Å². The van der Waals surface area contributed by atoms with E-state index < -0.39 is 17.6 Å². The number of rotatable bonds is 6. The summed E-state index contributed by atoms with van der Waals surface area (Å²) in [6.07, 6.45) is 0.476. The van der Waals surface area contributed by atoms with E-state index in [9.17, 15) is 18.4 Å². The average Bonchev–Trinajstić information content (AvgIpc) is 3.23. The Morgan fingerprint density at radius 1 is 1.18 bits per heavy atom. The van der Waals surface area contributed by atoms with Crippen molar-refractivity contribution in [2.24, 2.45) is 11.8 Å². The Kier molecular flexibility index (Phi) is 5.07. The molecule has 5 nitrogen and oxygen atoms in total. The first-order chi connectivity index (χ1) is 10.4. The standard InChI is InChI=1S/C15H19F2N3O2/c1-20(2)6-5-18-14(21)10-8-11(10)15(22)19-9-3-4-12(16)13(17)7-9/h3-4,7,10-11H,5-6,8H2,1-2H3,(H,18,21)(H,19,22). The molecule has 1 fully saturated rings. The monoisotopic (exact) mass is 311 g/mol. The van der Waals surface area contributed by atoms with E-state index in [1.807, 2.05) is 19.0 Å². The van der Waals surface area contributed by atoms with Gasteiger partial charge in [0.25, 0.3) is 0 Å². The highest BCUT2D eigenvalue weighted by Crippen LogP contribution is 2.39. The van der Waals surface area contributed by atoms with Gasteiger partial charge in [-0.1, -0.05) is 0 Å². The quantitative estimate of drug-likeness (QED) is 0.830. The zero-order chi connectivity index (χ0) is 16.3. The van der Waals surface area contributed by atoms with Crippen LogP contribution in [0.15, 0.2) is 18.2 Å². The smallest absolute Gasteiger partial charge is 0.228 e. The maximum absolute atomic E-state index is 13.1. The summed E-state index contributed by atoms with van der Waals surface area (Å²) >= 11 is 0. The molecular weight excluding hydrogens is 292 g/mol. The third kappa shape index (κ3) is 4.24. The van der Waals surface area contributed by atoms with Crippen LogP contribution in [0.25, 0.3) is 0 Å². The van der Waals surface area contributed by atoms with Crippen LogP contribution in [-0.2, 0) is 9.59 Å². The number of hydrogen-bond donors (Lipinski definition) is 2. The molecule has 1 aliphatic rings. The molecule has 22 heavy (non-hydrogen) atoms. The minimum atomic E-state index is -1.02. The van der Waals surface area contributed by atoms with Gasteiger partial charge in [0.15, 0.2) is 11.6 Å². The van der Waals surface area contributed by atoms with Crippen LogP contribution in [0.4, 0.5) is 14.5 Å². The number of likely N-dealkylation sites (N-methyl/N-ethyl adjacent to an activating group) is 1. The zero-order valence-electron chi connectivity index (χ0n) is 12.5. The SMILES string of the molecule is CN(C)CCNC(=O)C1CC1C(=O)Nc1ccc(F)c(F)c1. The molecule has 1 saturated carbocycles. The first-order valence-corrected chi connectivity index (χ1v) is 7.07. The van der Waals surface area contributed by atoms with Gasteiger partial charge in [0, 0.05) is 24.8 Å². The van der Waals surface area contributed by atoms with Gasteiger partial charge >= 0.3 is 0 Å². The van der Waals surface area contributed by atoms with Crippen LogP contribution in [0, 0.1) is 23.5 Å². The summed E-state index contributed by atoms with van der Waals surface area (Å²) in [5, 5.41) is 5.27. The molecular formula is C15H19F2N3O2. The van der Waals surface area contributed by atoms with E-state index in [2.05, 4.69) is 10.6 Å². The molecule has 7 heteroatoms. The topological polar surface area (TPSA) is 61.4 Å². The Morgan fingerprint density at radius 2 is 1.86 bits per heavy atom. The van der Waals surface area contributed by atoms with Gasteiger partial charge in [-0.25, -0.2) is 8.78 Å². The Labute approximate surface area is 127 Å². The summed E-state index contributed by atoms with van der Waals surface area (Å²) in [6.45, 7) is 1.25. The fourth-order valence-corrected chi connectivity index (χ4v) is 2.12. The molecule has 120 valence electrons. The van der Waals surface area contributed by atoms with Crippen molar-refractivity contribution < 1.29 is 18.4 Å². The number of nitrogens with one attached hydrogen (secondary N) is 2. The van der Waals surface area contributed by atoms with Crippen LogP contribution in [0.5, 0.6) is 0 Å². The van der Waals surface area contributed by atoms with E-state index >= 15 is 0 Å². The van der Waals surface area contributed by atoms with E-state index in [1.54, 1.807) is 0 Å². The van der Waals surface area contributed by atoms with Crippen LogP contribution in [-0.4, -0.2) is 43.9 Å². The number of nitrogens with zero attached hydrogens (tertiary/aromatic N) is 1. The first-order valence-electron chi connectivity index (χ1n) is 7.07. The fraction of sp³-hybridized carbons (Fsp3) is 0.467. The molecule has 0 bridgehead atoms. The van der Waals surface area contributed by atoms with Gasteiger partial charge in [-0.3, -0.25) is 9.59 Å². The number of amides is 2. The van der Waals surface area contributed by atoms with Crippen molar-refractivity contribution in [1.82, 2.24) is 10.2 Å². The fourth-order valence-electron chi connectivity index (χ4n) is 2.12. The van der Waals surface area contributed by atoms with Crippen molar-refractivity contribution in [3.8, 4) is 0 Å². The lowest BCUT2D eigenvalue weighted by Gasteiger charge is -2.10. The maximum atomic E-state index is 13.1.